The van der Waals surface area contributed by atoms with Gasteiger partial charge in [-0.05, 0) is 52.9 Å². The summed E-state index contributed by atoms with van der Waals surface area (Å²) in [5, 5.41) is 9.61. The maximum Gasteiger partial charge on any atom is 0.192 e. The maximum absolute atomic E-state index is 9.44. The Morgan fingerprint density at radius 1 is 0.935 bits per heavy atom. The molecular formula is C26H37NO2SSi. The van der Waals surface area contributed by atoms with E-state index in [0.29, 0.717) is 24.5 Å². The highest BCUT2D eigenvalue weighted by Crippen LogP contribution is 2.36. The van der Waals surface area contributed by atoms with E-state index in [-0.39, 0.29) is 10.5 Å². The number of nitriles is 1. The number of ether oxygens (including phenoxy) is 1. The average molecular weight is 456 g/mol. The third kappa shape index (κ3) is 7.41. The molecule has 0 N–H and O–H groups in total. The third-order valence-corrected chi connectivity index (χ3v) is 11.5. The second kappa shape index (κ2) is 10.2. The fourth-order valence-corrected chi connectivity index (χ4v) is 4.64. The summed E-state index contributed by atoms with van der Waals surface area (Å²) in [6.45, 7) is 18.8. The minimum Gasteiger partial charge on any atom is -0.490 e. The molecule has 3 nitrogen and oxygen atoms in total. The monoisotopic (exact) mass is 455 g/mol. The summed E-state index contributed by atoms with van der Waals surface area (Å²) >= 11 is 1.75. The first-order valence-corrected chi connectivity index (χ1v) is 14.8. The van der Waals surface area contributed by atoms with Crippen LogP contribution in [0.4, 0.5) is 0 Å². The second-order valence-corrected chi connectivity index (χ2v) is 16.3. The molecule has 0 aliphatic rings. The van der Waals surface area contributed by atoms with Crippen LogP contribution in [-0.2, 0) is 15.6 Å². The van der Waals surface area contributed by atoms with Crippen molar-refractivity contribution in [2.45, 2.75) is 75.7 Å². The molecule has 0 aliphatic heterocycles. The Morgan fingerprint density at radius 3 is 2.13 bits per heavy atom. The summed E-state index contributed by atoms with van der Waals surface area (Å²) < 4.78 is 12.1. The molecule has 0 atom stereocenters. The van der Waals surface area contributed by atoms with Gasteiger partial charge in [0.15, 0.2) is 8.32 Å². The van der Waals surface area contributed by atoms with E-state index in [9.17, 15) is 5.26 Å². The number of thioether (sulfide) groups is 1. The molecule has 0 radical (unpaired) electrons. The van der Waals surface area contributed by atoms with Crippen molar-refractivity contribution < 1.29 is 9.16 Å². The van der Waals surface area contributed by atoms with Crippen LogP contribution in [0.15, 0.2) is 47.4 Å². The average Bonchev–Trinajstić information content (AvgIpc) is 2.68. The Labute approximate surface area is 194 Å². The largest absolute Gasteiger partial charge is 0.490 e. The van der Waals surface area contributed by atoms with Gasteiger partial charge in [0.1, 0.15) is 18.4 Å². The van der Waals surface area contributed by atoms with Gasteiger partial charge in [-0.15, -0.1) is 11.8 Å². The molecule has 31 heavy (non-hydrogen) atoms. The van der Waals surface area contributed by atoms with Crippen molar-refractivity contribution in [1.82, 2.24) is 0 Å². The van der Waals surface area contributed by atoms with Crippen molar-refractivity contribution in [2.75, 3.05) is 13.2 Å². The predicted molar refractivity (Wildman–Crippen MR) is 135 cm³/mol. The molecule has 0 spiro atoms. The first-order chi connectivity index (χ1) is 14.3. The smallest absolute Gasteiger partial charge is 0.192 e. The van der Waals surface area contributed by atoms with Gasteiger partial charge in [-0.25, -0.2) is 0 Å². The summed E-state index contributed by atoms with van der Waals surface area (Å²) in [7, 11) is -1.79. The summed E-state index contributed by atoms with van der Waals surface area (Å²) in [6, 6.07) is 16.9. The summed E-state index contributed by atoms with van der Waals surface area (Å²) in [5.41, 5.74) is 3.35. The van der Waals surface area contributed by atoms with Crippen LogP contribution in [0, 0.1) is 11.3 Å². The topological polar surface area (TPSA) is 42.2 Å². The lowest BCUT2D eigenvalue weighted by Gasteiger charge is -2.36. The lowest BCUT2D eigenvalue weighted by molar-refractivity contribution is 0.203. The fraction of sp³-hybridized carbons (Fsp3) is 0.500. The quantitative estimate of drug-likeness (QED) is 0.234. The number of rotatable bonds is 8. The van der Waals surface area contributed by atoms with E-state index in [0.717, 1.165) is 10.6 Å². The van der Waals surface area contributed by atoms with Crippen LogP contribution in [0.3, 0.4) is 0 Å². The number of benzene rings is 2. The van der Waals surface area contributed by atoms with Gasteiger partial charge < -0.3 is 9.16 Å². The van der Waals surface area contributed by atoms with Gasteiger partial charge in [-0.3, -0.25) is 0 Å². The second-order valence-electron chi connectivity index (χ2n) is 10.5. The molecule has 0 fully saturated rings. The zero-order valence-electron chi connectivity index (χ0n) is 20.3. The van der Waals surface area contributed by atoms with Gasteiger partial charge in [0, 0.05) is 10.6 Å². The van der Waals surface area contributed by atoms with E-state index in [4.69, 9.17) is 9.16 Å². The molecular weight excluding hydrogens is 418 g/mol. The molecule has 0 aromatic heterocycles. The Morgan fingerprint density at radius 2 is 1.58 bits per heavy atom. The molecule has 2 rings (SSSR count). The van der Waals surface area contributed by atoms with Crippen LogP contribution < -0.4 is 4.74 Å². The van der Waals surface area contributed by atoms with Gasteiger partial charge in [0.25, 0.3) is 0 Å². The van der Waals surface area contributed by atoms with Gasteiger partial charge in [-0.2, -0.15) is 5.26 Å². The highest BCUT2D eigenvalue weighted by atomic mass is 32.2. The van der Waals surface area contributed by atoms with Crippen molar-refractivity contribution in [3.8, 4) is 11.8 Å². The molecule has 0 saturated heterocycles. The molecule has 0 unspecified atom stereocenters. The lowest BCUT2D eigenvalue weighted by Crippen LogP contribution is -2.41. The normalized spacial score (nSPS) is 12.5. The summed E-state index contributed by atoms with van der Waals surface area (Å²) in [5.74, 6) is 1.51. The van der Waals surface area contributed by atoms with E-state index >= 15 is 0 Å². The number of nitrogens with zero attached hydrogens (tertiary/aromatic N) is 1. The number of hydrogen-bond donors (Lipinski definition) is 0. The molecule has 0 bridgehead atoms. The van der Waals surface area contributed by atoms with Crippen molar-refractivity contribution in [3.05, 3.63) is 59.2 Å². The highest BCUT2D eigenvalue weighted by molar-refractivity contribution is 7.98. The molecule has 5 heteroatoms. The highest BCUT2D eigenvalue weighted by Gasteiger charge is 2.36. The molecule has 0 saturated carbocycles. The van der Waals surface area contributed by atoms with Crippen LogP contribution in [-0.4, -0.2) is 21.5 Å². The number of hydrogen-bond acceptors (Lipinski definition) is 4. The fourth-order valence-electron chi connectivity index (χ4n) is 2.74. The first-order valence-electron chi connectivity index (χ1n) is 10.9. The molecule has 2 aromatic carbocycles. The molecule has 0 aliphatic carbocycles. The minimum atomic E-state index is -1.79. The Bertz CT molecular complexity index is 903. The van der Waals surface area contributed by atoms with Crippen molar-refractivity contribution >= 4 is 20.1 Å². The van der Waals surface area contributed by atoms with Gasteiger partial charge in [0.05, 0.1) is 12.2 Å². The molecule has 168 valence electrons. The molecule has 2 aromatic rings. The maximum atomic E-state index is 9.44. The van der Waals surface area contributed by atoms with Crippen LogP contribution in [0.2, 0.25) is 18.1 Å². The molecule has 0 heterocycles. The van der Waals surface area contributed by atoms with E-state index in [2.05, 4.69) is 85.0 Å². The Kier molecular flexibility index (Phi) is 8.44. The van der Waals surface area contributed by atoms with E-state index in [1.54, 1.807) is 11.8 Å². The lowest BCUT2D eigenvalue weighted by atomic mass is 9.87. The van der Waals surface area contributed by atoms with Crippen molar-refractivity contribution in [1.29, 1.82) is 5.26 Å². The summed E-state index contributed by atoms with van der Waals surface area (Å²) in [4.78, 5) is 1.10. The predicted octanol–water partition coefficient (Wildman–Crippen LogP) is 7.55. The first kappa shape index (κ1) is 25.5. The van der Waals surface area contributed by atoms with Crippen LogP contribution in [0.1, 0.15) is 58.2 Å². The van der Waals surface area contributed by atoms with Crippen LogP contribution in [0.5, 0.6) is 5.75 Å². The molecule has 0 amide bonds. The minimum absolute atomic E-state index is 0.166. The zero-order chi connectivity index (χ0) is 23.3. The third-order valence-electron chi connectivity index (χ3n) is 5.91. The van der Waals surface area contributed by atoms with Gasteiger partial charge in [-0.1, -0.05) is 65.8 Å². The van der Waals surface area contributed by atoms with Gasteiger partial charge in [0.2, 0.25) is 0 Å². The van der Waals surface area contributed by atoms with Crippen LogP contribution >= 0.6 is 11.8 Å². The van der Waals surface area contributed by atoms with Crippen LogP contribution in [0.25, 0.3) is 0 Å². The van der Waals surface area contributed by atoms with E-state index < -0.39 is 8.32 Å². The van der Waals surface area contributed by atoms with E-state index in [1.807, 2.05) is 18.2 Å². The Balaban J connectivity index is 1.97. The van der Waals surface area contributed by atoms with Gasteiger partial charge >= 0.3 is 0 Å². The van der Waals surface area contributed by atoms with Crippen molar-refractivity contribution in [3.63, 3.8) is 0 Å². The van der Waals surface area contributed by atoms with E-state index in [1.165, 1.54) is 11.1 Å². The zero-order valence-corrected chi connectivity index (χ0v) is 22.2. The SMILES string of the molecule is CC(C)(C)c1ccc(CSc2ccc(C#N)c(OCCO[Si](C)(C)C(C)(C)C)c2)cc1. The standard InChI is InChI=1S/C26H37NO2SSi/c1-25(2,3)22-12-9-20(10-13-22)19-30-23-14-11-21(18-27)24(17-23)28-15-16-29-31(7,8)26(4,5)6/h9-14,17H,15-16,19H2,1-8H3. The Hall–Kier alpha value is -1.74. The van der Waals surface area contributed by atoms with Crippen molar-refractivity contribution in [2.24, 2.45) is 0 Å². The summed E-state index contributed by atoms with van der Waals surface area (Å²) in [6.07, 6.45) is 0.